The van der Waals surface area contributed by atoms with E-state index in [-0.39, 0.29) is 0 Å². The Morgan fingerprint density at radius 1 is 1.20 bits per heavy atom. The van der Waals surface area contributed by atoms with Crippen molar-refractivity contribution in [3.63, 3.8) is 0 Å². The first kappa shape index (κ1) is 12.8. The number of fused-ring (bicyclic) bond motifs is 1. The standard InChI is InChI=1S/C16H18N4/c1-13(11-20-9-8-17-12-20)19-10-15-5-2-4-14-6-3-7-18-16(14)15/h2-9,12-13,19H,10-11H2,1H3. The third kappa shape index (κ3) is 2.86. The lowest BCUT2D eigenvalue weighted by atomic mass is 10.1. The second-order valence-corrected chi connectivity index (χ2v) is 5.03. The normalized spacial score (nSPS) is 12.7. The van der Waals surface area contributed by atoms with E-state index in [1.54, 1.807) is 6.20 Å². The van der Waals surface area contributed by atoms with Crippen molar-refractivity contribution in [2.24, 2.45) is 0 Å². The fourth-order valence-electron chi connectivity index (χ4n) is 2.37. The van der Waals surface area contributed by atoms with Crippen molar-refractivity contribution in [3.8, 4) is 0 Å². The van der Waals surface area contributed by atoms with Gasteiger partial charge in [-0.25, -0.2) is 4.98 Å². The number of benzene rings is 1. The Bertz CT molecular complexity index is 671. The molecule has 4 nitrogen and oxygen atoms in total. The fraction of sp³-hybridized carbons (Fsp3) is 0.250. The quantitative estimate of drug-likeness (QED) is 0.772. The fourth-order valence-corrected chi connectivity index (χ4v) is 2.37. The van der Waals surface area contributed by atoms with Gasteiger partial charge in [0.25, 0.3) is 0 Å². The highest BCUT2D eigenvalue weighted by Gasteiger charge is 2.05. The summed E-state index contributed by atoms with van der Waals surface area (Å²) in [6, 6.07) is 10.8. The Labute approximate surface area is 118 Å². The molecule has 0 bridgehead atoms. The number of nitrogens with zero attached hydrogens (tertiary/aromatic N) is 3. The van der Waals surface area contributed by atoms with E-state index in [0.717, 1.165) is 18.6 Å². The lowest BCUT2D eigenvalue weighted by Gasteiger charge is -2.15. The van der Waals surface area contributed by atoms with Crippen LogP contribution in [0, 0.1) is 0 Å². The van der Waals surface area contributed by atoms with E-state index in [4.69, 9.17) is 0 Å². The molecular formula is C16H18N4. The molecule has 1 atom stereocenters. The Morgan fingerprint density at radius 2 is 2.10 bits per heavy atom. The minimum absolute atomic E-state index is 0.378. The molecule has 3 rings (SSSR count). The van der Waals surface area contributed by atoms with Crippen LogP contribution in [-0.4, -0.2) is 20.6 Å². The van der Waals surface area contributed by atoms with Crippen LogP contribution in [0.15, 0.2) is 55.2 Å². The van der Waals surface area contributed by atoms with Crippen LogP contribution in [0.2, 0.25) is 0 Å². The lowest BCUT2D eigenvalue weighted by Crippen LogP contribution is -2.29. The maximum absolute atomic E-state index is 4.48. The van der Waals surface area contributed by atoms with Crippen molar-refractivity contribution in [1.82, 2.24) is 19.9 Å². The molecule has 3 aromatic rings. The predicted octanol–water partition coefficient (Wildman–Crippen LogP) is 2.61. The molecule has 0 aliphatic rings. The third-order valence-electron chi connectivity index (χ3n) is 3.40. The highest BCUT2D eigenvalue weighted by Crippen LogP contribution is 2.15. The van der Waals surface area contributed by atoms with Crippen molar-refractivity contribution >= 4 is 10.9 Å². The summed E-state index contributed by atoms with van der Waals surface area (Å²) >= 11 is 0. The summed E-state index contributed by atoms with van der Waals surface area (Å²) in [6.07, 6.45) is 7.48. The lowest BCUT2D eigenvalue weighted by molar-refractivity contribution is 0.477. The summed E-state index contributed by atoms with van der Waals surface area (Å²) in [7, 11) is 0. The second-order valence-electron chi connectivity index (χ2n) is 5.03. The average molecular weight is 266 g/mol. The Balaban J connectivity index is 1.67. The number of imidazole rings is 1. The smallest absolute Gasteiger partial charge is 0.0946 e. The van der Waals surface area contributed by atoms with Crippen molar-refractivity contribution in [2.75, 3.05) is 0 Å². The molecule has 20 heavy (non-hydrogen) atoms. The van der Waals surface area contributed by atoms with Crippen LogP contribution in [-0.2, 0) is 13.1 Å². The number of aromatic nitrogens is 3. The molecule has 0 radical (unpaired) electrons. The van der Waals surface area contributed by atoms with Crippen molar-refractivity contribution < 1.29 is 0 Å². The number of nitrogens with one attached hydrogen (secondary N) is 1. The summed E-state index contributed by atoms with van der Waals surface area (Å²) in [5, 5.41) is 4.73. The van der Waals surface area contributed by atoms with Gasteiger partial charge in [0.05, 0.1) is 11.8 Å². The molecule has 1 unspecified atom stereocenters. The summed E-state index contributed by atoms with van der Waals surface area (Å²) < 4.78 is 2.08. The molecule has 0 amide bonds. The molecule has 0 aliphatic heterocycles. The van der Waals surface area contributed by atoms with Crippen molar-refractivity contribution in [2.45, 2.75) is 26.1 Å². The van der Waals surface area contributed by atoms with E-state index in [1.807, 2.05) is 24.8 Å². The molecule has 0 saturated carbocycles. The van der Waals surface area contributed by atoms with Gasteiger partial charge in [0.1, 0.15) is 0 Å². The van der Waals surface area contributed by atoms with E-state index in [2.05, 4.69) is 51.0 Å². The molecule has 2 heterocycles. The van der Waals surface area contributed by atoms with E-state index in [0.29, 0.717) is 6.04 Å². The molecule has 1 aromatic carbocycles. The predicted molar refractivity (Wildman–Crippen MR) is 80.3 cm³/mol. The third-order valence-corrected chi connectivity index (χ3v) is 3.40. The van der Waals surface area contributed by atoms with Crippen LogP contribution in [0.5, 0.6) is 0 Å². The van der Waals surface area contributed by atoms with Crippen LogP contribution >= 0.6 is 0 Å². The number of pyridine rings is 1. The SMILES string of the molecule is CC(Cn1ccnc1)NCc1cccc2cccnc12. The zero-order chi connectivity index (χ0) is 13.8. The summed E-state index contributed by atoms with van der Waals surface area (Å²) in [4.78, 5) is 8.54. The van der Waals surface area contributed by atoms with Crippen LogP contribution in [0.1, 0.15) is 12.5 Å². The van der Waals surface area contributed by atoms with Gasteiger partial charge in [-0.1, -0.05) is 24.3 Å². The minimum atomic E-state index is 0.378. The first-order valence-electron chi connectivity index (χ1n) is 6.84. The van der Waals surface area contributed by atoms with Crippen LogP contribution in [0.3, 0.4) is 0 Å². The van der Waals surface area contributed by atoms with Gasteiger partial charge in [-0.2, -0.15) is 0 Å². The Hall–Kier alpha value is -2.20. The average Bonchev–Trinajstić information content (AvgIpc) is 2.98. The van der Waals surface area contributed by atoms with Gasteiger partial charge >= 0.3 is 0 Å². The molecular weight excluding hydrogens is 248 g/mol. The molecule has 0 spiro atoms. The summed E-state index contributed by atoms with van der Waals surface area (Å²) in [6.45, 7) is 3.92. The molecule has 102 valence electrons. The van der Waals surface area contributed by atoms with Crippen molar-refractivity contribution in [1.29, 1.82) is 0 Å². The highest BCUT2D eigenvalue weighted by atomic mass is 15.1. The van der Waals surface area contributed by atoms with E-state index in [9.17, 15) is 0 Å². The zero-order valence-corrected chi connectivity index (χ0v) is 11.5. The summed E-state index contributed by atoms with van der Waals surface area (Å²) in [5.41, 5.74) is 2.32. The molecule has 4 heteroatoms. The van der Waals surface area contributed by atoms with E-state index in [1.165, 1.54) is 10.9 Å². The maximum atomic E-state index is 4.48. The molecule has 0 saturated heterocycles. The van der Waals surface area contributed by atoms with Gasteiger partial charge in [-0.3, -0.25) is 4.98 Å². The van der Waals surface area contributed by atoms with Crippen molar-refractivity contribution in [3.05, 3.63) is 60.8 Å². The Morgan fingerprint density at radius 3 is 2.95 bits per heavy atom. The van der Waals surface area contributed by atoms with Gasteiger partial charge in [0.15, 0.2) is 0 Å². The van der Waals surface area contributed by atoms with Gasteiger partial charge in [-0.05, 0) is 18.6 Å². The van der Waals surface area contributed by atoms with E-state index < -0.39 is 0 Å². The molecule has 1 N–H and O–H groups in total. The van der Waals surface area contributed by atoms with Gasteiger partial charge in [0, 0.05) is 43.1 Å². The topological polar surface area (TPSA) is 42.7 Å². The highest BCUT2D eigenvalue weighted by molar-refractivity contribution is 5.81. The number of rotatable bonds is 5. The number of hydrogen-bond donors (Lipinski definition) is 1. The number of hydrogen-bond acceptors (Lipinski definition) is 3. The van der Waals surface area contributed by atoms with Crippen LogP contribution in [0.4, 0.5) is 0 Å². The Kier molecular flexibility index (Phi) is 3.74. The van der Waals surface area contributed by atoms with Crippen LogP contribution in [0.25, 0.3) is 10.9 Å². The summed E-state index contributed by atoms with van der Waals surface area (Å²) in [5.74, 6) is 0. The van der Waals surface area contributed by atoms with Gasteiger partial charge in [-0.15, -0.1) is 0 Å². The monoisotopic (exact) mass is 266 g/mol. The first-order valence-corrected chi connectivity index (χ1v) is 6.84. The van der Waals surface area contributed by atoms with Gasteiger partial charge < -0.3 is 9.88 Å². The molecule has 0 fully saturated rings. The first-order chi connectivity index (χ1) is 9.83. The molecule has 0 aliphatic carbocycles. The minimum Gasteiger partial charge on any atom is -0.336 e. The maximum Gasteiger partial charge on any atom is 0.0946 e. The van der Waals surface area contributed by atoms with Crippen LogP contribution < -0.4 is 5.32 Å². The number of para-hydroxylation sites is 1. The van der Waals surface area contributed by atoms with E-state index >= 15 is 0 Å². The molecule has 2 aromatic heterocycles. The van der Waals surface area contributed by atoms with Gasteiger partial charge in [0.2, 0.25) is 0 Å². The zero-order valence-electron chi connectivity index (χ0n) is 11.5. The largest absolute Gasteiger partial charge is 0.336 e. The second kappa shape index (κ2) is 5.84.